The first-order valence-corrected chi connectivity index (χ1v) is 6.99. The van der Waals surface area contributed by atoms with Crippen LogP contribution >= 0.6 is 12.6 Å². The van der Waals surface area contributed by atoms with Crippen molar-refractivity contribution in [2.24, 2.45) is 7.05 Å². The number of rotatable bonds is 2. The topological polar surface area (TPSA) is 17.8 Å². The van der Waals surface area contributed by atoms with Crippen molar-refractivity contribution in [2.75, 3.05) is 0 Å². The molecule has 1 fully saturated rings. The lowest BCUT2D eigenvalue weighted by molar-refractivity contribution is 0.639. The van der Waals surface area contributed by atoms with E-state index in [0.717, 1.165) is 11.3 Å². The third-order valence-electron chi connectivity index (χ3n) is 3.88. The first-order chi connectivity index (χ1) is 8.29. The molecule has 2 aromatic rings. The van der Waals surface area contributed by atoms with Crippen LogP contribution in [0.4, 0.5) is 0 Å². The Balaban J connectivity index is 2.11. The van der Waals surface area contributed by atoms with Gasteiger partial charge in [0.25, 0.3) is 0 Å². The maximum atomic E-state index is 4.81. The van der Waals surface area contributed by atoms with E-state index >= 15 is 0 Å². The second-order valence-electron chi connectivity index (χ2n) is 4.99. The molecule has 2 nitrogen and oxygen atoms in total. The molecule has 0 amide bonds. The highest BCUT2D eigenvalue weighted by Gasteiger charge is 2.22. The van der Waals surface area contributed by atoms with Gasteiger partial charge in [0.05, 0.1) is 11.0 Å². The van der Waals surface area contributed by atoms with Gasteiger partial charge in [0.15, 0.2) is 0 Å². The number of fused-ring (bicyclic) bond motifs is 1. The highest BCUT2D eigenvalue weighted by Crippen LogP contribution is 2.34. The number of imidazole rings is 1. The SMILES string of the molecule is Cn1c(C2CCCC2)nc2ccc(CS)cc21. The number of hydrogen-bond donors (Lipinski definition) is 1. The smallest absolute Gasteiger partial charge is 0.112 e. The molecule has 0 N–H and O–H groups in total. The van der Waals surface area contributed by atoms with E-state index < -0.39 is 0 Å². The molecule has 0 bridgehead atoms. The summed E-state index contributed by atoms with van der Waals surface area (Å²) in [5, 5.41) is 0. The van der Waals surface area contributed by atoms with E-state index in [1.54, 1.807) is 0 Å². The van der Waals surface area contributed by atoms with Gasteiger partial charge in [-0.3, -0.25) is 0 Å². The van der Waals surface area contributed by atoms with Crippen molar-refractivity contribution in [3.63, 3.8) is 0 Å². The number of hydrogen-bond acceptors (Lipinski definition) is 2. The number of aromatic nitrogens is 2. The molecule has 3 heteroatoms. The standard InChI is InChI=1S/C14H18N2S/c1-16-13-8-10(9-17)6-7-12(13)15-14(16)11-4-2-3-5-11/h6-8,11,17H,2-5,9H2,1H3. The predicted octanol–water partition coefficient (Wildman–Crippen LogP) is 3.66. The average molecular weight is 246 g/mol. The molecule has 0 unspecified atom stereocenters. The van der Waals surface area contributed by atoms with Crippen molar-refractivity contribution < 1.29 is 0 Å². The maximum Gasteiger partial charge on any atom is 0.112 e. The number of aryl methyl sites for hydroxylation is 1. The van der Waals surface area contributed by atoms with E-state index in [-0.39, 0.29) is 0 Å². The molecule has 17 heavy (non-hydrogen) atoms. The molecule has 3 rings (SSSR count). The van der Waals surface area contributed by atoms with Crippen LogP contribution in [-0.4, -0.2) is 9.55 Å². The summed E-state index contributed by atoms with van der Waals surface area (Å²) in [6.07, 6.45) is 5.32. The quantitative estimate of drug-likeness (QED) is 0.801. The molecule has 0 radical (unpaired) electrons. The molecule has 1 saturated carbocycles. The van der Waals surface area contributed by atoms with Crippen LogP contribution in [0.5, 0.6) is 0 Å². The molecule has 1 heterocycles. The average Bonchev–Trinajstić information content (AvgIpc) is 2.97. The van der Waals surface area contributed by atoms with E-state index in [0.29, 0.717) is 5.92 Å². The first-order valence-electron chi connectivity index (χ1n) is 6.35. The number of thiol groups is 1. The molecule has 0 atom stereocenters. The molecular weight excluding hydrogens is 228 g/mol. The second-order valence-corrected chi connectivity index (χ2v) is 5.31. The summed E-state index contributed by atoms with van der Waals surface area (Å²) in [7, 11) is 2.14. The van der Waals surface area contributed by atoms with Gasteiger partial charge in [-0.2, -0.15) is 12.6 Å². The summed E-state index contributed by atoms with van der Waals surface area (Å²) in [5.41, 5.74) is 3.64. The molecule has 1 aromatic heterocycles. The minimum atomic E-state index is 0.673. The van der Waals surface area contributed by atoms with Gasteiger partial charge in [-0.05, 0) is 30.5 Å². The molecule has 1 aliphatic rings. The minimum absolute atomic E-state index is 0.673. The third-order valence-corrected chi connectivity index (χ3v) is 4.25. The zero-order valence-corrected chi connectivity index (χ0v) is 11.1. The molecule has 90 valence electrons. The zero-order chi connectivity index (χ0) is 11.8. The van der Waals surface area contributed by atoms with E-state index in [1.165, 1.54) is 42.6 Å². The number of nitrogens with zero attached hydrogens (tertiary/aromatic N) is 2. The van der Waals surface area contributed by atoms with Crippen molar-refractivity contribution in [3.05, 3.63) is 29.6 Å². The van der Waals surface area contributed by atoms with Gasteiger partial charge in [0, 0.05) is 18.7 Å². The summed E-state index contributed by atoms with van der Waals surface area (Å²) in [5.74, 6) is 2.74. The van der Waals surface area contributed by atoms with Gasteiger partial charge < -0.3 is 4.57 Å². The Hall–Kier alpha value is -0.960. The number of benzene rings is 1. The Kier molecular flexibility index (Phi) is 2.87. The lowest BCUT2D eigenvalue weighted by Gasteiger charge is -2.08. The highest BCUT2D eigenvalue weighted by atomic mass is 32.1. The van der Waals surface area contributed by atoms with Crippen molar-refractivity contribution in [1.82, 2.24) is 9.55 Å². The molecule has 0 spiro atoms. The maximum absolute atomic E-state index is 4.81. The Morgan fingerprint density at radius 3 is 2.82 bits per heavy atom. The Bertz CT molecular complexity index is 538. The summed E-state index contributed by atoms with van der Waals surface area (Å²) >= 11 is 4.33. The van der Waals surface area contributed by atoms with Gasteiger partial charge in [-0.25, -0.2) is 4.98 Å². The van der Waals surface area contributed by atoms with Gasteiger partial charge in [-0.1, -0.05) is 18.9 Å². The zero-order valence-electron chi connectivity index (χ0n) is 10.2. The van der Waals surface area contributed by atoms with Crippen LogP contribution in [0.15, 0.2) is 18.2 Å². The summed E-state index contributed by atoms with van der Waals surface area (Å²) in [4.78, 5) is 4.81. The predicted molar refractivity (Wildman–Crippen MR) is 74.6 cm³/mol. The van der Waals surface area contributed by atoms with Crippen LogP contribution in [0.25, 0.3) is 11.0 Å². The van der Waals surface area contributed by atoms with E-state index in [4.69, 9.17) is 4.98 Å². The van der Waals surface area contributed by atoms with E-state index in [2.05, 4.69) is 42.4 Å². The lowest BCUT2D eigenvalue weighted by Crippen LogP contribution is -2.02. The van der Waals surface area contributed by atoms with Crippen molar-refractivity contribution in [3.8, 4) is 0 Å². The molecule has 1 aliphatic carbocycles. The minimum Gasteiger partial charge on any atom is -0.331 e. The van der Waals surface area contributed by atoms with E-state index in [1.807, 2.05) is 0 Å². The van der Waals surface area contributed by atoms with Crippen molar-refractivity contribution in [1.29, 1.82) is 0 Å². The normalized spacial score (nSPS) is 17.1. The Morgan fingerprint density at radius 1 is 1.35 bits per heavy atom. The van der Waals surface area contributed by atoms with Crippen LogP contribution in [-0.2, 0) is 12.8 Å². The van der Waals surface area contributed by atoms with Gasteiger partial charge in [0.1, 0.15) is 5.82 Å². The van der Waals surface area contributed by atoms with Crippen molar-refractivity contribution in [2.45, 2.75) is 37.4 Å². The second kappa shape index (κ2) is 4.37. The monoisotopic (exact) mass is 246 g/mol. The lowest BCUT2D eigenvalue weighted by atomic mass is 10.1. The molecule has 1 aromatic carbocycles. The van der Waals surface area contributed by atoms with Crippen molar-refractivity contribution >= 4 is 23.7 Å². The summed E-state index contributed by atoms with van der Waals surface area (Å²) in [6.45, 7) is 0. The Labute approximate surface area is 107 Å². The van der Waals surface area contributed by atoms with Gasteiger partial charge in [-0.15, -0.1) is 0 Å². The summed E-state index contributed by atoms with van der Waals surface area (Å²) in [6, 6.07) is 6.47. The highest BCUT2D eigenvalue weighted by molar-refractivity contribution is 7.79. The molecule has 0 saturated heterocycles. The first kappa shape index (κ1) is 11.1. The van der Waals surface area contributed by atoms with E-state index in [9.17, 15) is 0 Å². The van der Waals surface area contributed by atoms with Crippen LogP contribution in [0.3, 0.4) is 0 Å². The largest absolute Gasteiger partial charge is 0.331 e. The molecular formula is C14H18N2S. The molecule has 0 aliphatic heterocycles. The fourth-order valence-electron chi connectivity index (χ4n) is 2.90. The van der Waals surface area contributed by atoms with Crippen LogP contribution < -0.4 is 0 Å². The van der Waals surface area contributed by atoms with Gasteiger partial charge >= 0.3 is 0 Å². The Morgan fingerprint density at radius 2 is 2.12 bits per heavy atom. The third kappa shape index (κ3) is 1.86. The van der Waals surface area contributed by atoms with Crippen LogP contribution in [0, 0.1) is 0 Å². The van der Waals surface area contributed by atoms with Crippen LogP contribution in [0.1, 0.15) is 43.0 Å². The fourth-order valence-corrected chi connectivity index (χ4v) is 3.10. The van der Waals surface area contributed by atoms with Crippen LogP contribution in [0.2, 0.25) is 0 Å². The van der Waals surface area contributed by atoms with Gasteiger partial charge in [0.2, 0.25) is 0 Å². The summed E-state index contributed by atoms with van der Waals surface area (Å²) < 4.78 is 2.28. The fraction of sp³-hybridized carbons (Fsp3) is 0.500.